The Morgan fingerprint density at radius 3 is 2.52 bits per heavy atom. The van der Waals surface area contributed by atoms with Gasteiger partial charge in [-0.2, -0.15) is 0 Å². The summed E-state index contributed by atoms with van der Waals surface area (Å²) in [6, 6.07) is 5.41. The molecule has 0 radical (unpaired) electrons. The number of hydrogen-bond acceptors (Lipinski definition) is 6. The number of ether oxygens (including phenoxy) is 3. The summed E-state index contributed by atoms with van der Waals surface area (Å²) >= 11 is 0. The molecule has 2 rings (SSSR count). The van der Waals surface area contributed by atoms with E-state index in [-0.39, 0.29) is 17.9 Å². The predicted octanol–water partition coefficient (Wildman–Crippen LogP) is 1.57. The largest absolute Gasteiger partial charge is 0.493 e. The van der Waals surface area contributed by atoms with Crippen molar-refractivity contribution >= 4 is 5.91 Å². The van der Waals surface area contributed by atoms with Crippen LogP contribution in [0, 0.1) is 5.92 Å². The Kier molecular flexibility index (Phi) is 8.34. The summed E-state index contributed by atoms with van der Waals surface area (Å²) in [5.41, 5.74) is 7.14. The van der Waals surface area contributed by atoms with Crippen molar-refractivity contribution in [3.63, 3.8) is 0 Å². The molecule has 3 N–H and O–H groups in total. The molecule has 1 fully saturated rings. The lowest BCUT2D eigenvalue weighted by atomic mass is 9.99. The van der Waals surface area contributed by atoms with Gasteiger partial charge in [-0.3, -0.25) is 9.69 Å². The van der Waals surface area contributed by atoms with Crippen molar-refractivity contribution in [3.05, 3.63) is 23.8 Å². The number of carbonyl (C=O) groups excluding carboxylic acids is 1. The van der Waals surface area contributed by atoms with Crippen molar-refractivity contribution < 1.29 is 19.0 Å². The van der Waals surface area contributed by atoms with Gasteiger partial charge in [0.1, 0.15) is 0 Å². The van der Waals surface area contributed by atoms with Crippen LogP contribution >= 0.6 is 0 Å². The number of amides is 1. The van der Waals surface area contributed by atoms with E-state index in [0.29, 0.717) is 31.3 Å². The third-order valence-electron chi connectivity index (χ3n) is 5.31. The first-order chi connectivity index (χ1) is 13.0. The number of hydrogen-bond donors (Lipinski definition) is 2. The Bertz CT molecular complexity index is 605. The fourth-order valence-corrected chi connectivity index (χ4v) is 3.23. The van der Waals surface area contributed by atoms with E-state index in [2.05, 4.69) is 10.2 Å². The molecule has 1 aliphatic heterocycles. The molecule has 0 spiro atoms. The second kappa shape index (κ2) is 10.5. The Balaban J connectivity index is 2.18. The summed E-state index contributed by atoms with van der Waals surface area (Å²) in [4.78, 5) is 14.8. The van der Waals surface area contributed by atoms with Crippen LogP contribution in [0.15, 0.2) is 18.2 Å². The van der Waals surface area contributed by atoms with Crippen LogP contribution in [-0.2, 0) is 9.53 Å². The molecule has 1 aromatic rings. The second-order valence-electron chi connectivity index (χ2n) is 6.94. The number of benzene rings is 1. The smallest absolute Gasteiger partial charge is 0.237 e. The molecule has 7 heteroatoms. The van der Waals surface area contributed by atoms with Crippen molar-refractivity contribution in [2.24, 2.45) is 11.7 Å². The highest BCUT2D eigenvalue weighted by molar-refractivity contribution is 5.81. The molecule has 1 aromatic carbocycles. The summed E-state index contributed by atoms with van der Waals surface area (Å²) < 4.78 is 16.3. The number of nitrogens with zero attached hydrogens (tertiary/aromatic N) is 1. The summed E-state index contributed by atoms with van der Waals surface area (Å²) in [6.07, 6.45) is 0.872. The minimum Gasteiger partial charge on any atom is -0.493 e. The fraction of sp³-hybridized carbons (Fsp3) is 0.650. The van der Waals surface area contributed by atoms with E-state index in [0.717, 1.165) is 25.1 Å². The summed E-state index contributed by atoms with van der Waals surface area (Å²) in [5.74, 6) is 1.40. The molecule has 3 atom stereocenters. The highest BCUT2D eigenvalue weighted by Gasteiger charge is 2.26. The molecule has 0 aliphatic carbocycles. The Morgan fingerprint density at radius 1 is 1.26 bits per heavy atom. The van der Waals surface area contributed by atoms with Gasteiger partial charge in [-0.05, 0) is 23.6 Å². The van der Waals surface area contributed by atoms with Crippen LogP contribution in [0.4, 0.5) is 0 Å². The van der Waals surface area contributed by atoms with Gasteiger partial charge >= 0.3 is 0 Å². The van der Waals surface area contributed by atoms with E-state index in [4.69, 9.17) is 19.9 Å². The van der Waals surface area contributed by atoms with Gasteiger partial charge in [0.05, 0.1) is 39.5 Å². The molecule has 1 heterocycles. The molecule has 0 bridgehead atoms. The molecule has 7 nitrogen and oxygen atoms in total. The molecule has 1 amide bonds. The number of nitrogens with two attached hydrogens (primary N) is 1. The van der Waals surface area contributed by atoms with Crippen molar-refractivity contribution in [1.29, 1.82) is 0 Å². The zero-order valence-electron chi connectivity index (χ0n) is 16.9. The quantitative estimate of drug-likeness (QED) is 0.677. The second-order valence-corrected chi connectivity index (χ2v) is 6.94. The summed E-state index contributed by atoms with van der Waals surface area (Å²) in [7, 11) is 3.24. The summed E-state index contributed by atoms with van der Waals surface area (Å²) in [5, 5.41) is 3.04. The van der Waals surface area contributed by atoms with Crippen LogP contribution in [0.3, 0.4) is 0 Å². The Labute approximate surface area is 162 Å². The molecule has 27 heavy (non-hydrogen) atoms. The molecular weight excluding hydrogens is 346 g/mol. The van der Waals surface area contributed by atoms with Crippen LogP contribution in [0.5, 0.6) is 11.5 Å². The number of carbonyl (C=O) groups is 1. The average molecular weight is 380 g/mol. The fourth-order valence-electron chi connectivity index (χ4n) is 3.23. The molecule has 152 valence electrons. The molecule has 0 saturated carbocycles. The topological polar surface area (TPSA) is 86.1 Å². The van der Waals surface area contributed by atoms with Crippen LogP contribution in [0.25, 0.3) is 0 Å². The number of rotatable bonds is 9. The highest BCUT2D eigenvalue weighted by Crippen LogP contribution is 2.32. The van der Waals surface area contributed by atoms with Gasteiger partial charge < -0.3 is 25.3 Å². The van der Waals surface area contributed by atoms with Crippen molar-refractivity contribution in [2.75, 3.05) is 47.1 Å². The van der Waals surface area contributed by atoms with Crippen molar-refractivity contribution in [2.45, 2.75) is 32.4 Å². The minimum absolute atomic E-state index is 0.0155. The van der Waals surface area contributed by atoms with E-state index in [9.17, 15) is 4.79 Å². The van der Waals surface area contributed by atoms with Crippen LogP contribution < -0.4 is 20.5 Å². The maximum atomic E-state index is 12.5. The van der Waals surface area contributed by atoms with Crippen molar-refractivity contribution in [3.8, 4) is 11.5 Å². The Morgan fingerprint density at radius 2 is 1.93 bits per heavy atom. The van der Waals surface area contributed by atoms with Crippen LogP contribution in [0.2, 0.25) is 0 Å². The lowest BCUT2D eigenvalue weighted by molar-refractivity contribution is -0.123. The maximum Gasteiger partial charge on any atom is 0.237 e. The lowest BCUT2D eigenvalue weighted by Crippen LogP contribution is -2.48. The minimum atomic E-state index is -0.495. The number of morpholine rings is 1. The molecular formula is C20H33N3O4. The molecule has 3 unspecified atom stereocenters. The monoisotopic (exact) mass is 379 g/mol. The van der Waals surface area contributed by atoms with E-state index < -0.39 is 6.04 Å². The van der Waals surface area contributed by atoms with E-state index in [1.807, 2.05) is 32.0 Å². The van der Waals surface area contributed by atoms with E-state index in [1.54, 1.807) is 14.2 Å². The molecule has 1 aliphatic rings. The van der Waals surface area contributed by atoms with E-state index >= 15 is 0 Å². The van der Waals surface area contributed by atoms with E-state index in [1.165, 1.54) is 0 Å². The first-order valence-corrected chi connectivity index (χ1v) is 9.58. The predicted molar refractivity (Wildman–Crippen MR) is 105 cm³/mol. The molecule has 0 aromatic heterocycles. The van der Waals surface area contributed by atoms with Crippen LogP contribution in [0.1, 0.15) is 31.9 Å². The average Bonchev–Trinajstić information content (AvgIpc) is 2.73. The Hall–Kier alpha value is -1.83. The standard InChI is InChI=1S/C20H33N3O4/c1-5-14(2)19(21)20(24)22-13-16(23-8-10-27-11-9-23)15-6-7-17(25-3)18(12-15)26-4/h6-7,12,14,16,19H,5,8-11,13,21H2,1-4H3,(H,22,24). The number of methoxy groups -OCH3 is 2. The first kappa shape index (κ1) is 21.5. The van der Waals surface area contributed by atoms with Crippen LogP contribution in [-0.4, -0.2) is 63.9 Å². The van der Waals surface area contributed by atoms with Gasteiger partial charge in [0, 0.05) is 19.6 Å². The first-order valence-electron chi connectivity index (χ1n) is 9.58. The van der Waals surface area contributed by atoms with Gasteiger partial charge in [-0.1, -0.05) is 26.3 Å². The van der Waals surface area contributed by atoms with Gasteiger partial charge in [0.25, 0.3) is 0 Å². The third kappa shape index (κ3) is 5.57. The molecule has 1 saturated heterocycles. The van der Waals surface area contributed by atoms with Gasteiger partial charge in [0.2, 0.25) is 5.91 Å². The lowest BCUT2D eigenvalue weighted by Gasteiger charge is -2.35. The van der Waals surface area contributed by atoms with Gasteiger partial charge in [-0.25, -0.2) is 0 Å². The van der Waals surface area contributed by atoms with Gasteiger partial charge in [-0.15, -0.1) is 0 Å². The number of nitrogens with one attached hydrogen (secondary N) is 1. The highest BCUT2D eigenvalue weighted by atomic mass is 16.5. The zero-order chi connectivity index (χ0) is 19.8. The van der Waals surface area contributed by atoms with Gasteiger partial charge in [0.15, 0.2) is 11.5 Å². The van der Waals surface area contributed by atoms with Crippen molar-refractivity contribution in [1.82, 2.24) is 10.2 Å². The maximum absolute atomic E-state index is 12.5. The summed E-state index contributed by atoms with van der Waals surface area (Å²) in [6.45, 7) is 7.52. The SMILES string of the molecule is CCC(C)C(N)C(=O)NCC(c1ccc(OC)c(OC)c1)N1CCOCC1. The third-order valence-corrected chi connectivity index (χ3v) is 5.31. The zero-order valence-corrected chi connectivity index (χ0v) is 16.9. The normalized spacial score (nSPS) is 18.4.